The van der Waals surface area contributed by atoms with Crippen LogP contribution in [-0.2, 0) is 19.1 Å². The van der Waals surface area contributed by atoms with Crippen molar-refractivity contribution in [1.29, 1.82) is 0 Å². The highest BCUT2D eigenvalue weighted by atomic mass is 16.5. The molecule has 0 radical (unpaired) electrons. The summed E-state index contributed by atoms with van der Waals surface area (Å²) >= 11 is 0. The van der Waals surface area contributed by atoms with E-state index in [-0.39, 0.29) is 10.8 Å². The van der Waals surface area contributed by atoms with Crippen LogP contribution in [-0.4, -0.2) is 26.2 Å². The zero-order chi connectivity index (χ0) is 20.1. The Hall–Kier alpha value is -1.84. The molecular weight excluding hydrogens is 328 g/mol. The third-order valence-corrected chi connectivity index (χ3v) is 5.36. The fraction of sp³-hybridized carbons (Fsp3) is 0.636. The van der Waals surface area contributed by atoms with Crippen molar-refractivity contribution < 1.29 is 19.1 Å². The van der Waals surface area contributed by atoms with Crippen molar-refractivity contribution in [1.82, 2.24) is 0 Å². The molecule has 0 fully saturated rings. The molecule has 2 unspecified atom stereocenters. The van der Waals surface area contributed by atoms with Gasteiger partial charge in [-0.15, -0.1) is 0 Å². The highest BCUT2D eigenvalue weighted by Crippen LogP contribution is 2.38. The molecule has 0 aromatic rings. The zero-order valence-corrected chi connectivity index (χ0v) is 17.5. The lowest BCUT2D eigenvalue weighted by molar-refractivity contribution is -0.153. The fourth-order valence-corrected chi connectivity index (χ4v) is 2.94. The summed E-state index contributed by atoms with van der Waals surface area (Å²) in [5.74, 6) is -2.11. The molecule has 0 saturated carbocycles. The molecule has 0 aromatic heterocycles. The third kappa shape index (κ3) is 5.58. The van der Waals surface area contributed by atoms with Crippen LogP contribution in [0.4, 0.5) is 0 Å². The van der Waals surface area contributed by atoms with Gasteiger partial charge in [-0.25, -0.2) is 0 Å². The van der Waals surface area contributed by atoms with Crippen LogP contribution in [0.5, 0.6) is 0 Å². The first-order valence-electron chi connectivity index (χ1n) is 9.17. The van der Waals surface area contributed by atoms with Gasteiger partial charge in [-0.05, 0) is 36.2 Å². The van der Waals surface area contributed by atoms with Crippen molar-refractivity contribution in [2.45, 2.75) is 54.4 Å². The van der Waals surface area contributed by atoms with E-state index in [9.17, 15) is 9.59 Å². The summed E-state index contributed by atoms with van der Waals surface area (Å²) < 4.78 is 9.71. The first-order chi connectivity index (χ1) is 11.9. The molecule has 0 spiro atoms. The van der Waals surface area contributed by atoms with Crippen molar-refractivity contribution in [2.75, 3.05) is 14.2 Å². The number of methoxy groups -OCH3 is 2. The summed E-state index contributed by atoms with van der Waals surface area (Å²) in [6, 6.07) is 0. The quantitative estimate of drug-likeness (QED) is 0.500. The zero-order valence-electron chi connectivity index (χ0n) is 17.5. The monoisotopic (exact) mass is 362 g/mol. The van der Waals surface area contributed by atoms with Gasteiger partial charge in [0, 0.05) is 0 Å². The van der Waals surface area contributed by atoms with E-state index in [2.05, 4.69) is 47.6 Å². The Bertz CT molecular complexity index is 615. The lowest BCUT2D eigenvalue weighted by Gasteiger charge is -2.31. The molecule has 0 amide bonds. The van der Waals surface area contributed by atoms with Crippen LogP contribution in [0.15, 0.2) is 35.5 Å². The summed E-state index contributed by atoms with van der Waals surface area (Å²) in [6.07, 6.45) is 9.79. The van der Waals surface area contributed by atoms with E-state index in [4.69, 9.17) is 9.47 Å². The molecule has 26 heavy (non-hydrogen) atoms. The maximum atomic E-state index is 12.2. The van der Waals surface area contributed by atoms with E-state index in [0.717, 1.165) is 18.4 Å². The van der Waals surface area contributed by atoms with Crippen LogP contribution in [0.25, 0.3) is 0 Å². The number of carbonyl (C=O) groups is 2. The van der Waals surface area contributed by atoms with Crippen molar-refractivity contribution >= 4 is 11.9 Å². The Labute approximate surface area is 158 Å². The minimum absolute atomic E-state index is 0.113. The maximum absolute atomic E-state index is 12.2. The molecule has 0 bridgehead atoms. The number of ether oxygens (including phenoxy) is 2. The van der Waals surface area contributed by atoms with Crippen LogP contribution in [0.1, 0.15) is 54.4 Å². The van der Waals surface area contributed by atoms with Gasteiger partial charge in [0.25, 0.3) is 0 Å². The van der Waals surface area contributed by atoms with E-state index in [1.165, 1.54) is 19.8 Å². The largest absolute Gasteiger partial charge is 0.469 e. The predicted octanol–water partition coefficient (Wildman–Crippen LogP) is 4.86. The van der Waals surface area contributed by atoms with Gasteiger partial charge in [0.15, 0.2) is 0 Å². The van der Waals surface area contributed by atoms with Gasteiger partial charge in [0.2, 0.25) is 0 Å². The lowest BCUT2D eigenvalue weighted by atomic mass is 9.73. The minimum atomic E-state index is -0.640. The molecule has 0 heterocycles. The van der Waals surface area contributed by atoms with Gasteiger partial charge in [-0.2, -0.15) is 0 Å². The smallest absolute Gasteiger partial charge is 0.313 e. The third-order valence-electron chi connectivity index (χ3n) is 5.36. The molecule has 146 valence electrons. The summed E-state index contributed by atoms with van der Waals surface area (Å²) in [7, 11) is 2.67. The Morgan fingerprint density at radius 3 is 2.08 bits per heavy atom. The van der Waals surface area contributed by atoms with Crippen LogP contribution < -0.4 is 0 Å². The number of hydrogen-bond donors (Lipinski definition) is 0. The van der Waals surface area contributed by atoms with Crippen molar-refractivity contribution in [3.8, 4) is 0 Å². The molecule has 1 aliphatic rings. The topological polar surface area (TPSA) is 52.6 Å². The molecule has 2 atom stereocenters. The van der Waals surface area contributed by atoms with E-state index in [1.54, 1.807) is 6.08 Å². The highest BCUT2D eigenvalue weighted by Gasteiger charge is 2.36. The first kappa shape index (κ1) is 22.2. The predicted molar refractivity (Wildman–Crippen MR) is 104 cm³/mol. The molecule has 0 N–H and O–H groups in total. The second-order valence-corrected chi connectivity index (χ2v) is 8.64. The van der Waals surface area contributed by atoms with Gasteiger partial charge in [0.1, 0.15) is 0 Å². The Balaban J connectivity index is 2.98. The molecule has 0 aromatic carbocycles. The molecule has 4 heteroatoms. The molecule has 1 aliphatic carbocycles. The SMILES string of the molecule is COC(=O)C1C=CC(C(C)(C)CC/C=C(\C)C(C)(C)C)=CC1C(=O)OC. The van der Waals surface area contributed by atoms with Crippen LogP contribution in [0, 0.1) is 22.7 Å². The Kier molecular flexibility index (Phi) is 7.43. The van der Waals surface area contributed by atoms with Crippen molar-refractivity contribution in [3.63, 3.8) is 0 Å². The van der Waals surface area contributed by atoms with Gasteiger partial charge >= 0.3 is 11.9 Å². The standard InChI is InChI=1S/C22H34O4/c1-15(21(2,3)4)10-9-13-22(5,6)16-11-12-17(19(23)25-7)18(14-16)20(24)26-8/h10-12,14,17-18H,9,13H2,1-8H3/b15-10+. The number of hydrogen-bond acceptors (Lipinski definition) is 4. The van der Waals surface area contributed by atoms with Gasteiger partial charge in [-0.1, -0.05) is 64.5 Å². The number of carbonyl (C=O) groups excluding carboxylic acids is 2. The fourth-order valence-electron chi connectivity index (χ4n) is 2.94. The summed E-state index contributed by atoms with van der Waals surface area (Å²) in [5, 5.41) is 0. The Morgan fingerprint density at radius 2 is 1.58 bits per heavy atom. The van der Waals surface area contributed by atoms with Crippen molar-refractivity contribution in [2.24, 2.45) is 22.7 Å². The molecule has 1 rings (SSSR count). The van der Waals surface area contributed by atoms with E-state index < -0.39 is 23.8 Å². The van der Waals surface area contributed by atoms with Crippen LogP contribution in [0.3, 0.4) is 0 Å². The second kappa shape index (κ2) is 8.70. The molecule has 0 aliphatic heterocycles. The molecule has 0 saturated heterocycles. The van der Waals surface area contributed by atoms with Crippen molar-refractivity contribution in [3.05, 3.63) is 35.5 Å². The maximum Gasteiger partial charge on any atom is 0.313 e. The van der Waals surface area contributed by atoms with Gasteiger partial charge in [-0.3, -0.25) is 9.59 Å². The highest BCUT2D eigenvalue weighted by molar-refractivity contribution is 5.85. The van der Waals surface area contributed by atoms with E-state index in [0.29, 0.717) is 0 Å². The molecule has 4 nitrogen and oxygen atoms in total. The summed E-state index contributed by atoms with van der Waals surface area (Å²) in [4.78, 5) is 24.1. The Morgan fingerprint density at radius 1 is 1.04 bits per heavy atom. The second-order valence-electron chi connectivity index (χ2n) is 8.64. The average Bonchev–Trinajstić information content (AvgIpc) is 2.58. The number of esters is 2. The van der Waals surface area contributed by atoms with Gasteiger partial charge < -0.3 is 9.47 Å². The first-order valence-corrected chi connectivity index (χ1v) is 9.17. The average molecular weight is 363 g/mol. The van der Waals surface area contributed by atoms with Crippen LogP contribution >= 0.6 is 0 Å². The normalized spacial score (nSPS) is 21.2. The van der Waals surface area contributed by atoms with Crippen LogP contribution in [0.2, 0.25) is 0 Å². The number of allylic oxidation sites excluding steroid dienone is 4. The molecular formula is C22H34O4. The summed E-state index contributed by atoms with van der Waals surface area (Å²) in [5.41, 5.74) is 2.49. The summed E-state index contributed by atoms with van der Waals surface area (Å²) in [6.45, 7) is 13.1. The van der Waals surface area contributed by atoms with Gasteiger partial charge in [0.05, 0.1) is 26.1 Å². The number of rotatable bonds is 6. The van der Waals surface area contributed by atoms with E-state index in [1.807, 2.05) is 12.2 Å². The van der Waals surface area contributed by atoms with E-state index >= 15 is 0 Å². The minimum Gasteiger partial charge on any atom is -0.469 e. The lowest BCUT2D eigenvalue weighted by Crippen LogP contribution is -2.32.